The minimum Gasteiger partial charge on any atom is -0.450 e. The van der Waals surface area contributed by atoms with Crippen LogP contribution in [0.3, 0.4) is 0 Å². The van der Waals surface area contributed by atoms with Gasteiger partial charge < -0.3 is 9.64 Å². The highest BCUT2D eigenvalue weighted by molar-refractivity contribution is 6.22. The lowest BCUT2D eigenvalue weighted by molar-refractivity contribution is -0.123. The molecule has 1 aromatic rings. The van der Waals surface area contributed by atoms with Crippen LogP contribution in [0.5, 0.6) is 0 Å². The smallest absolute Gasteiger partial charge is 0.409 e. The molecular weight excluding hydrogens is 334 g/mol. The predicted molar refractivity (Wildman–Crippen MR) is 97.0 cm³/mol. The van der Waals surface area contributed by atoms with Crippen LogP contribution in [0.25, 0.3) is 0 Å². The predicted octanol–water partition coefficient (Wildman–Crippen LogP) is 1.71. The molecule has 7 nitrogen and oxygen atoms in total. The van der Waals surface area contributed by atoms with Crippen LogP contribution in [-0.2, 0) is 14.3 Å². The number of carbonyl (C=O) groups excluding carboxylic acids is 3. The maximum Gasteiger partial charge on any atom is 0.409 e. The first-order valence-corrected chi connectivity index (χ1v) is 9.02. The SMILES string of the molecule is CCOC(=O)N1CCN([C@H]2CC(=O)N(c3ccc(C)c(C)c3)C2=O)CC1. The van der Waals surface area contributed by atoms with Gasteiger partial charge in [0.15, 0.2) is 0 Å². The normalized spacial score (nSPS) is 21.4. The van der Waals surface area contributed by atoms with Crippen molar-refractivity contribution >= 4 is 23.6 Å². The van der Waals surface area contributed by atoms with Crippen LogP contribution >= 0.6 is 0 Å². The van der Waals surface area contributed by atoms with Gasteiger partial charge >= 0.3 is 6.09 Å². The number of amides is 3. The van der Waals surface area contributed by atoms with Crippen molar-refractivity contribution < 1.29 is 19.1 Å². The molecule has 1 atom stereocenters. The lowest BCUT2D eigenvalue weighted by atomic mass is 10.1. The third-order valence-corrected chi connectivity index (χ3v) is 5.15. The number of imide groups is 1. The van der Waals surface area contributed by atoms with Crippen molar-refractivity contribution in [3.05, 3.63) is 29.3 Å². The van der Waals surface area contributed by atoms with E-state index < -0.39 is 6.04 Å². The monoisotopic (exact) mass is 359 g/mol. The zero-order chi connectivity index (χ0) is 18.8. The number of rotatable bonds is 3. The number of carbonyl (C=O) groups is 3. The average molecular weight is 359 g/mol. The molecule has 0 radical (unpaired) electrons. The van der Waals surface area contributed by atoms with Crippen LogP contribution in [0.2, 0.25) is 0 Å². The Kier molecular flexibility index (Phi) is 5.27. The van der Waals surface area contributed by atoms with Gasteiger partial charge in [-0.1, -0.05) is 6.07 Å². The van der Waals surface area contributed by atoms with Gasteiger partial charge in [0.1, 0.15) is 0 Å². The molecule has 3 amide bonds. The number of benzene rings is 1. The maximum atomic E-state index is 12.9. The maximum absolute atomic E-state index is 12.9. The molecule has 0 aliphatic carbocycles. The van der Waals surface area contributed by atoms with Crippen LogP contribution in [0.1, 0.15) is 24.5 Å². The molecule has 2 fully saturated rings. The van der Waals surface area contributed by atoms with E-state index in [-0.39, 0.29) is 24.3 Å². The van der Waals surface area contributed by atoms with Crippen LogP contribution in [0.15, 0.2) is 18.2 Å². The first-order chi connectivity index (χ1) is 12.4. The Morgan fingerprint density at radius 2 is 1.81 bits per heavy atom. The number of ether oxygens (including phenoxy) is 1. The molecule has 2 aliphatic rings. The Hall–Kier alpha value is -2.41. The van der Waals surface area contributed by atoms with Gasteiger partial charge in [0.2, 0.25) is 5.91 Å². The van der Waals surface area contributed by atoms with Gasteiger partial charge in [0.05, 0.1) is 24.8 Å². The Morgan fingerprint density at radius 3 is 2.42 bits per heavy atom. The van der Waals surface area contributed by atoms with Gasteiger partial charge in [0, 0.05) is 26.2 Å². The topological polar surface area (TPSA) is 70.2 Å². The fourth-order valence-electron chi connectivity index (χ4n) is 3.47. The molecular formula is C19H25N3O4. The van der Waals surface area contributed by atoms with E-state index in [4.69, 9.17) is 4.74 Å². The molecule has 0 N–H and O–H groups in total. The largest absolute Gasteiger partial charge is 0.450 e. The number of nitrogens with zero attached hydrogens (tertiary/aromatic N) is 3. The van der Waals surface area contributed by atoms with E-state index in [1.807, 2.05) is 36.9 Å². The molecule has 0 spiro atoms. The van der Waals surface area contributed by atoms with Crippen LogP contribution in [0, 0.1) is 13.8 Å². The molecule has 3 rings (SSSR count). The summed E-state index contributed by atoms with van der Waals surface area (Å²) in [4.78, 5) is 42.1. The summed E-state index contributed by atoms with van der Waals surface area (Å²) in [7, 11) is 0. The number of aryl methyl sites for hydroxylation is 2. The van der Waals surface area contributed by atoms with Crippen molar-refractivity contribution in [3.8, 4) is 0 Å². The molecule has 7 heteroatoms. The second-order valence-electron chi connectivity index (χ2n) is 6.78. The summed E-state index contributed by atoms with van der Waals surface area (Å²) in [6, 6.07) is 5.18. The third kappa shape index (κ3) is 3.44. The standard InChI is InChI=1S/C19H25N3O4/c1-4-26-19(25)21-9-7-20(8-10-21)16-12-17(23)22(18(16)24)15-6-5-13(2)14(3)11-15/h5-6,11,16H,4,7-10,12H2,1-3H3/t16-/m0/s1. The molecule has 1 aromatic carbocycles. The van der Waals surface area contributed by atoms with E-state index >= 15 is 0 Å². The van der Waals surface area contributed by atoms with Gasteiger partial charge in [-0.2, -0.15) is 0 Å². The van der Waals surface area contributed by atoms with E-state index in [9.17, 15) is 14.4 Å². The lowest BCUT2D eigenvalue weighted by Gasteiger charge is -2.36. The van der Waals surface area contributed by atoms with Crippen molar-refractivity contribution in [2.75, 3.05) is 37.7 Å². The second-order valence-corrected chi connectivity index (χ2v) is 6.78. The summed E-state index contributed by atoms with van der Waals surface area (Å²) >= 11 is 0. The molecule has 0 saturated carbocycles. The Labute approximate surface area is 153 Å². The van der Waals surface area contributed by atoms with Gasteiger partial charge in [-0.25, -0.2) is 9.69 Å². The minimum atomic E-state index is -0.451. The number of hydrogen-bond acceptors (Lipinski definition) is 5. The summed E-state index contributed by atoms with van der Waals surface area (Å²) in [6.07, 6.45) is -0.136. The Morgan fingerprint density at radius 1 is 1.12 bits per heavy atom. The molecule has 0 unspecified atom stereocenters. The number of anilines is 1. The van der Waals surface area contributed by atoms with E-state index in [1.165, 1.54) is 4.90 Å². The van der Waals surface area contributed by atoms with Gasteiger partial charge in [-0.3, -0.25) is 14.5 Å². The second kappa shape index (κ2) is 7.45. The fourth-order valence-corrected chi connectivity index (χ4v) is 3.47. The van der Waals surface area contributed by atoms with Crippen molar-refractivity contribution in [1.82, 2.24) is 9.80 Å². The molecule has 2 heterocycles. The fraction of sp³-hybridized carbons (Fsp3) is 0.526. The Bertz CT molecular complexity index is 725. The summed E-state index contributed by atoms with van der Waals surface area (Å²) in [6.45, 7) is 8.21. The molecule has 0 bridgehead atoms. The summed E-state index contributed by atoms with van der Waals surface area (Å²) in [5.41, 5.74) is 2.81. The minimum absolute atomic E-state index is 0.170. The lowest BCUT2D eigenvalue weighted by Crippen LogP contribution is -2.54. The summed E-state index contributed by atoms with van der Waals surface area (Å²) in [5, 5.41) is 0. The first-order valence-electron chi connectivity index (χ1n) is 9.02. The van der Waals surface area contributed by atoms with Gasteiger partial charge in [-0.15, -0.1) is 0 Å². The Balaban J connectivity index is 1.68. The third-order valence-electron chi connectivity index (χ3n) is 5.15. The van der Waals surface area contributed by atoms with Crippen molar-refractivity contribution in [2.24, 2.45) is 0 Å². The van der Waals surface area contributed by atoms with E-state index in [2.05, 4.69) is 0 Å². The van der Waals surface area contributed by atoms with Crippen molar-refractivity contribution in [2.45, 2.75) is 33.2 Å². The average Bonchev–Trinajstić information content (AvgIpc) is 2.92. The van der Waals surface area contributed by atoms with Gasteiger partial charge in [0.25, 0.3) is 5.91 Å². The molecule has 140 valence electrons. The quantitative estimate of drug-likeness (QED) is 0.769. The highest BCUT2D eigenvalue weighted by Crippen LogP contribution is 2.27. The van der Waals surface area contributed by atoms with Gasteiger partial charge in [-0.05, 0) is 44.0 Å². The number of hydrogen-bond donors (Lipinski definition) is 0. The van der Waals surface area contributed by atoms with Crippen molar-refractivity contribution in [3.63, 3.8) is 0 Å². The highest BCUT2D eigenvalue weighted by atomic mass is 16.6. The molecule has 2 aliphatic heterocycles. The van der Waals surface area contributed by atoms with Crippen LogP contribution < -0.4 is 4.90 Å². The van der Waals surface area contributed by atoms with E-state index in [0.29, 0.717) is 38.5 Å². The first kappa shape index (κ1) is 18.4. The zero-order valence-corrected chi connectivity index (χ0v) is 15.5. The van der Waals surface area contributed by atoms with E-state index in [1.54, 1.807) is 11.8 Å². The molecule has 26 heavy (non-hydrogen) atoms. The molecule has 0 aromatic heterocycles. The summed E-state index contributed by atoms with van der Waals surface area (Å²) < 4.78 is 5.02. The summed E-state index contributed by atoms with van der Waals surface area (Å²) in [5.74, 6) is -0.348. The van der Waals surface area contributed by atoms with Crippen LogP contribution in [-0.4, -0.2) is 66.5 Å². The van der Waals surface area contributed by atoms with E-state index in [0.717, 1.165) is 11.1 Å². The number of piperazine rings is 1. The molecule has 2 saturated heterocycles. The van der Waals surface area contributed by atoms with Crippen molar-refractivity contribution in [1.29, 1.82) is 0 Å². The zero-order valence-electron chi connectivity index (χ0n) is 15.5. The van der Waals surface area contributed by atoms with Crippen LogP contribution in [0.4, 0.5) is 10.5 Å². The highest BCUT2D eigenvalue weighted by Gasteiger charge is 2.43.